The molecular weight excluding hydrogens is 148 g/mol. The molecule has 68 valence electrons. The zero-order valence-corrected chi connectivity index (χ0v) is 8.21. The molecule has 0 aliphatic rings. The van der Waals surface area contributed by atoms with Crippen molar-refractivity contribution in [1.82, 2.24) is 0 Å². The second-order valence-corrected chi connectivity index (χ2v) is 2.99. The fraction of sp³-hybridized carbons (Fsp3) is 0.545. The number of hydrogen-bond donors (Lipinski definition) is 0. The largest absolute Gasteiger partial charge is 0.303 e. The SMILES string of the molecule is C/C=C(\C=C/CC)C[C@H](C)C=O. The number of carbonyl (C=O) groups excluding carboxylic acids is 1. The van der Waals surface area contributed by atoms with Gasteiger partial charge in [0.25, 0.3) is 0 Å². The standard InChI is InChI=1S/C11H18O/c1-4-6-7-11(5-2)8-10(3)9-12/h5-7,9-10H,4,8H2,1-3H3/b7-6-,11-5+/t10-/m0/s1. The van der Waals surface area contributed by atoms with Gasteiger partial charge in [0.2, 0.25) is 0 Å². The molecule has 0 aliphatic heterocycles. The van der Waals surface area contributed by atoms with Gasteiger partial charge in [0.05, 0.1) is 0 Å². The van der Waals surface area contributed by atoms with Crippen LogP contribution < -0.4 is 0 Å². The molecule has 0 aromatic carbocycles. The molecule has 0 amide bonds. The smallest absolute Gasteiger partial charge is 0.123 e. The summed E-state index contributed by atoms with van der Waals surface area (Å²) in [6.07, 6.45) is 9.19. The number of carbonyl (C=O) groups is 1. The molecule has 1 atom stereocenters. The Bertz CT molecular complexity index is 177. The van der Waals surface area contributed by atoms with Crippen molar-refractivity contribution < 1.29 is 4.79 Å². The van der Waals surface area contributed by atoms with Crippen LogP contribution >= 0.6 is 0 Å². The van der Waals surface area contributed by atoms with E-state index in [0.29, 0.717) is 0 Å². The quantitative estimate of drug-likeness (QED) is 0.453. The average Bonchev–Trinajstić information content (AvgIpc) is 2.11. The van der Waals surface area contributed by atoms with E-state index in [-0.39, 0.29) is 5.92 Å². The maximum Gasteiger partial charge on any atom is 0.123 e. The second-order valence-electron chi connectivity index (χ2n) is 2.99. The van der Waals surface area contributed by atoms with Gasteiger partial charge in [-0.2, -0.15) is 0 Å². The minimum absolute atomic E-state index is 0.137. The third-order valence-corrected chi connectivity index (χ3v) is 1.73. The van der Waals surface area contributed by atoms with E-state index in [1.807, 2.05) is 13.8 Å². The van der Waals surface area contributed by atoms with E-state index in [4.69, 9.17) is 0 Å². The summed E-state index contributed by atoms with van der Waals surface area (Å²) in [5.74, 6) is 0.137. The van der Waals surface area contributed by atoms with Crippen LogP contribution in [0, 0.1) is 5.92 Å². The molecule has 0 N–H and O–H groups in total. The Hall–Kier alpha value is -0.850. The fourth-order valence-corrected chi connectivity index (χ4v) is 0.971. The van der Waals surface area contributed by atoms with E-state index < -0.39 is 0 Å². The first-order valence-corrected chi connectivity index (χ1v) is 4.51. The molecule has 0 spiro atoms. The van der Waals surface area contributed by atoms with Gasteiger partial charge in [-0.05, 0) is 19.8 Å². The topological polar surface area (TPSA) is 17.1 Å². The number of rotatable bonds is 5. The van der Waals surface area contributed by atoms with Crippen molar-refractivity contribution >= 4 is 6.29 Å². The summed E-state index contributed by atoms with van der Waals surface area (Å²) in [5, 5.41) is 0. The molecule has 0 saturated heterocycles. The Labute approximate surface area is 75.2 Å². The fourth-order valence-electron chi connectivity index (χ4n) is 0.971. The average molecular weight is 166 g/mol. The van der Waals surface area contributed by atoms with E-state index in [0.717, 1.165) is 19.1 Å². The van der Waals surface area contributed by atoms with Crippen molar-refractivity contribution in [3.8, 4) is 0 Å². The van der Waals surface area contributed by atoms with Crippen molar-refractivity contribution in [3.05, 3.63) is 23.8 Å². The van der Waals surface area contributed by atoms with Crippen LogP contribution in [-0.2, 0) is 4.79 Å². The van der Waals surface area contributed by atoms with Crippen LogP contribution in [0.25, 0.3) is 0 Å². The molecule has 0 bridgehead atoms. The van der Waals surface area contributed by atoms with Gasteiger partial charge < -0.3 is 4.79 Å². The van der Waals surface area contributed by atoms with E-state index in [2.05, 4.69) is 25.2 Å². The third kappa shape index (κ3) is 4.89. The Morgan fingerprint density at radius 1 is 1.50 bits per heavy atom. The van der Waals surface area contributed by atoms with Gasteiger partial charge >= 0.3 is 0 Å². The Morgan fingerprint density at radius 3 is 2.58 bits per heavy atom. The van der Waals surface area contributed by atoms with Gasteiger partial charge in [0, 0.05) is 5.92 Å². The maximum atomic E-state index is 10.4. The van der Waals surface area contributed by atoms with Crippen molar-refractivity contribution in [2.45, 2.75) is 33.6 Å². The predicted molar refractivity (Wildman–Crippen MR) is 53.0 cm³/mol. The molecule has 0 aliphatic carbocycles. The van der Waals surface area contributed by atoms with Crippen LogP contribution in [0.3, 0.4) is 0 Å². The summed E-state index contributed by atoms with van der Waals surface area (Å²) in [5.41, 5.74) is 1.25. The summed E-state index contributed by atoms with van der Waals surface area (Å²) in [4.78, 5) is 10.4. The highest BCUT2D eigenvalue weighted by molar-refractivity contribution is 5.53. The van der Waals surface area contributed by atoms with E-state index in [1.165, 1.54) is 5.57 Å². The van der Waals surface area contributed by atoms with Crippen LogP contribution in [0.4, 0.5) is 0 Å². The molecule has 0 radical (unpaired) electrons. The summed E-state index contributed by atoms with van der Waals surface area (Å²) >= 11 is 0. The van der Waals surface area contributed by atoms with Gasteiger partial charge in [-0.3, -0.25) is 0 Å². The number of hydrogen-bond acceptors (Lipinski definition) is 1. The molecule has 0 saturated carbocycles. The zero-order valence-electron chi connectivity index (χ0n) is 8.21. The van der Waals surface area contributed by atoms with E-state index in [9.17, 15) is 4.79 Å². The lowest BCUT2D eigenvalue weighted by Gasteiger charge is -2.03. The molecule has 0 aromatic heterocycles. The maximum absolute atomic E-state index is 10.4. The molecule has 1 nitrogen and oxygen atoms in total. The van der Waals surface area contributed by atoms with Crippen molar-refractivity contribution in [1.29, 1.82) is 0 Å². The Kier molecular flexibility index (Phi) is 6.35. The monoisotopic (exact) mass is 166 g/mol. The highest BCUT2D eigenvalue weighted by Gasteiger charge is 2.00. The highest BCUT2D eigenvalue weighted by atomic mass is 16.1. The van der Waals surface area contributed by atoms with Crippen molar-refractivity contribution in [3.63, 3.8) is 0 Å². The van der Waals surface area contributed by atoms with Gasteiger partial charge in [0.15, 0.2) is 0 Å². The van der Waals surface area contributed by atoms with Gasteiger partial charge in [-0.1, -0.05) is 37.6 Å². The van der Waals surface area contributed by atoms with Crippen LogP contribution in [0.1, 0.15) is 33.6 Å². The molecule has 0 heterocycles. The molecular formula is C11H18O. The first-order valence-electron chi connectivity index (χ1n) is 4.51. The first-order chi connectivity index (χ1) is 5.74. The van der Waals surface area contributed by atoms with Crippen LogP contribution in [-0.4, -0.2) is 6.29 Å². The van der Waals surface area contributed by atoms with E-state index in [1.54, 1.807) is 0 Å². The lowest BCUT2D eigenvalue weighted by atomic mass is 10.0. The summed E-state index contributed by atoms with van der Waals surface area (Å²) in [6.45, 7) is 6.05. The molecule has 1 heteroatoms. The van der Waals surface area contributed by atoms with E-state index >= 15 is 0 Å². The van der Waals surface area contributed by atoms with Gasteiger partial charge in [-0.15, -0.1) is 0 Å². The molecule has 0 rings (SSSR count). The normalized spacial score (nSPS) is 15.1. The summed E-state index contributed by atoms with van der Waals surface area (Å²) in [7, 11) is 0. The third-order valence-electron chi connectivity index (χ3n) is 1.73. The Balaban J connectivity index is 4.01. The van der Waals surface area contributed by atoms with Crippen LogP contribution in [0.2, 0.25) is 0 Å². The zero-order chi connectivity index (χ0) is 9.40. The summed E-state index contributed by atoms with van der Waals surface area (Å²) in [6, 6.07) is 0. The van der Waals surface area contributed by atoms with Crippen molar-refractivity contribution in [2.75, 3.05) is 0 Å². The molecule has 0 unspecified atom stereocenters. The highest BCUT2D eigenvalue weighted by Crippen LogP contribution is 2.10. The predicted octanol–water partition coefficient (Wildman–Crippen LogP) is 3.12. The molecule has 12 heavy (non-hydrogen) atoms. The van der Waals surface area contributed by atoms with Crippen LogP contribution in [0.5, 0.6) is 0 Å². The molecule has 0 aromatic rings. The lowest BCUT2D eigenvalue weighted by Crippen LogP contribution is -1.96. The minimum Gasteiger partial charge on any atom is -0.303 e. The van der Waals surface area contributed by atoms with Crippen molar-refractivity contribution in [2.24, 2.45) is 5.92 Å². The number of aldehydes is 1. The van der Waals surface area contributed by atoms with Gasteiger partial charge in [-0.25, -0.2) is 0 Å². The molecule has 0 fully saturated rings. The van der Waals surface area contributed by atoms with Crippen LogP contribution in [0.15, 0.2) is 23.8 Å². The lowest BCUT2D eigenvalue weighted by molar-refractivity contribution is -0.110. The van der Waals surface area contributed by atoms with Gasteiger partial charge in [0.1, 0.15) is 6.29 Å². The second kappa shape index (κ2) is 6.84. The minimum atomic E-state index is 0.137. The first kappa shape index (κ1) is 11.2. The Morgan fingerprint density at radius 2 is 2.17 bits per heavy atom. The number of allylic oxidation sites excluding steroid dienone is 4. The summed E-state index contributed by atoms with van der Waals surface area (Å²) < 4.78 is 0.